The summed E-state index contributed by atoms with van der Waals surface area (Å²) < 4.78 is 21.4. The van der Waals surface area contributed by atoms with E-state index in [4.69, 9.17) is 4.74 Å². The molecule has 0 aliphatic heterocycles. The Labute approximate surface area is 184 Å². The Bertz CT molecular complexity index is 1080. The molecule has 0 radical (unpaired) electrons. The van der Waals surface area contributed by atoms with E-state index in [2.05, 4.69) is 69.2 Å². The summed E-state index contributed by atoms with van der Waals surface area (Å²) in [6.45, 7) is 9.06. The number of ether oxygens (including phenoxy) is 1. The molecule has 0 N–H and O–H groups in total. The molecule has 1 aliphatic carbocycles. The van der Waals surface area contributed by atoms with Gasteiger partial charge in [0.05, 0.1) is 23.7 Å². The topological polar surface area (TPSA) is 27.1 Å². The Balaban J connectivity index is 1.65. The van der Waals surface area contributed by atoms with Crippen molar-refractivity contribution < 1.29 is 9.13 Å². The van der Waals surface area contributed by atoms with Crippen molar-refractivity contribution in [3.63, 3.8) is 0 Å². The third-order valence-corrected chi connectivity index (χ3v) is 7.02. The summed E-state index contributed by atoms with van der Waals surface area (Å²) in [6.07, 6.45) is 5.98. The van der Waals surface area contributed by atoms with Crippen molar-refractivity contribution in [2.75, 3.05) is 7.11 Å². The molecule has 0 spiro atoms. The van der Waals surface area contributed by atoms with E-state index in [0.717, 1.165) is 24.2 Å². The van der Waals surface area contributed by atoms with Crippen LogP contribution in [0.1, 0.15) is 50.9 Å². The van der Waals surface area contributed by atoms with Crippen LogP contribution < -0.4 is 0 Å². The first-order chi connectivity index (χ1) is 14.7. The molecular formula is C27H31FN2O. The van der Waals surface area contributed by atoms with Crippen LogP contribution in [0, 0.1) is 11.2 Å². The molecule has 3 aromatic rings. The van der Waals surface area contributed by atoms with E-state index in [-0.39, 0.29) is 22.8 Å². The molecule has 162 valence electrons. The first-order valence-corrected chi connectivity index (χ1v) is 10.8. The normalized spacial score (nSPS) is 19.6. The summed E-state index contributed by atoms with van der Waals surface area (Å²) in [7, 11) is 1.82. The third kappa shape index (κ3) is 3.97. The summed E-state index contributed by atoms with van der Waals surface area (Å²) in [6, 6.07) is 17.1. The van der Waals surface area contributed by atoms with Gasteiger partial charge in [0, 0.05) is 12.5 Å². The van der Waals surface area contributed by atoms with E-state index >= 15 is 0 Å². The van der Waals surface area contributed by atoms with Crippen molar-refractivity contribution in [3.8, 4) is 5.69 Å². The van der Waals surface area contributed by atoms with Gasteiger partial charge < -0.3 is 4.74 Å². The second kappa shape index (κ2) is 8.08. The number of hydrogen-bond acceptors (Lipinski definition) is 2. The van der Waals surface area contributed by atoms with Crippen LogP contribution in [0.2, 0.25) is 0 Å². The standard InChI is InChI=1S/C27H31FN2O/c1-19-15-24-20(18-29-30(24)23-13-11-22(28)12-14-23)16-27(19,4)25(31-5)17-26(2,3)21-9-7-6-8-10-21/h6-15,18,25H,16-17H2,1-5H3/t25-,27+/m1/s1. The molecule has 1 aromatic heterocycles. The average Bonchev–Trinajstić information content (AvgIpc) is 3.15. The predicted octanol–water partition coefficient (Wildman–Crippen LogP) is 6.36. The van der Waals surface area contributed by atoms with Gasteiger partial charge in [-0.2, -0.15) is 5.10 Å². The minimum absolute atomic E-state index is 0.0101. The van der Waals surface area contributed by atoms with E-state index < -0.39 is 0 Å². The molecule has 0 fully saturated rings. The predicted molar refractivity (Wildman–Crippen MR) is 124 cm³/mol. The molecule has 1 heterocycles. The zero-order valence-corrected chi connectivity index (χ0v) is 19.0. The molecule has 0 unspecified atom stereocenters. The van der Waals surface area contributed by atoms with Crippen molar-refractivity contribution in [3.05, 3.63) is 89.0 Å². The summed E-state index contributed by atoms with van der Waals surface area (Å²) in [4.78, 5) is 0. The Morgan fingerprint density at radius 3 is 2.45 bits per heavy atom. The van der Waals surface area contributed by atoms with Gasteiger partial charge in [0.15, 0.2) is 0 Å². The van der Waals surface area contributed by atoms with E-state index in [1.807, 2.05) is 18.0 Å². The smallest absolute Gasteiger partial charge is 0.123 e. The van der Waals surface area contributed by atoms with Crippen LogP contribution in [0.5, 0.6) is 0 Å². The molecule has 1 aliphatic rings. The molecule has 2 atom stereocenters. The van der Waals surface area contributed by atoms with Gasteiger partial charge in [-0.3, -0.25) is 0 Å². The molecule has 0 saturated heterocycles. The van der Waals surface area contributed by atoms with Crippen LogP contribution in [-0.2, 0) is 16.6 Å². The minimum Gasteiger partial charge on any atom is -0.381 e. The third-order valence-electron chi connectivity index (χ3n) is 7.02. The highest BCUT2D eigenvalue weighted by molar-refractivity contribution is 5.60. The van der Waals surface area contributed by atoms with Crippen LogP contribution in [-0.4, -0.2) is 23.0 Å². The first kappa shape index (κ1) is 21.5. The molecule has 4 heteroatoms. The van der Waals surface area contributed by atoms with Crippen molar-refractivity contribution in [2.24, 2.45) is 5.41 Å². The van der Waals surface area contributed by atoms with Crippen molar-refractivity contribution in [1.29, 1.82) is 0 Å². The largest absolute Gasteiger partial charge is 0.381 e. The summed E-state index contributed by atoms with van der Waals surface area (Å²) in [5, 5.41) is 4.61. The fraction of sp³-hybridized carbons (Fsp3) is 0.370. The lowest BCUT2D eigenvalue weighted by atomic mass is 9.65. The molecule has 2 aromatic carbocycles. The van der Waals surface area contributed by atoms with Gasteiger partial charge in [-0.25, -0.2) is 9.07 Å². The SMILES string of the molecule is CO[C@H](CC(C)(C)c1ccccc1)[C@@]1(C)Cc2cnn(-c3ccc(F)cc3)c2C=C1C. The maximum absolute atomic E-state index is 13.4. The quantitative estimate of drug-likeness (QED) is 0.466. The fourth-order valence-corrected chi connectivity index (χ4v) is 4.78. The number of nitrogens with zero attached hydrogens (tertiary/aromatic N) is 2. The van der Waals surface area contributed by atoms with E-state index in [1.54, 1.807) is 12.1 Å². The highest BCUT2D eigenvalue weighted by atomic mass is 19.1. The lowest BCUT2D eigenvalue weighted by molar-refractivity contribution is -0.00265. The molecule has 0 bridgehead atoms. The Morgan fingerprint density at radius 1 is 1.13 bits per heavy atom. The number of benzene rings is 2. The van der Waals surface area contributed by atoms with Gasteiger partial charge in [-0.05, 0) is 66.6 Å². The maximum Gasteiger partial charge on any atom is 0.123 e. The monoisotopic (exact) mass is 418 g/mol. The molecule has 0 amide bonds. The Kier molecular flexibility index (Phi) is 5.61. The van der Waals surface area contributed by atoms with Crippen LogP contribution >= 0.6 is 0 Å². The van der Waals surface area contributed by atoms with Gasteiger partial charge in [0.1, 0.15) is 5.82 Å². The fourth-order valence-electron chi connectivity index (χ4n) is 4.78. The van der Waals surface area contributed by atoms with Crippen LogP contribution in [0.25, 0.3) is 11.8 Å². The minimum atomic E-state index is -0.243. The second-order valence-electron chi connectivity index (χ2n) is 9.54. The Hall–Kier alpha value is -2.72. The van der Waals surface area contributed by atoms with Gasteiger partial charge >= 0.3 is 0 Å². The Morgan fingerprint density at radius 2 is 1.81 bits per heavy atom. The van der Waals surface area contributed by atoms with Gasteiger partial charge in [-0.1, -0.05) is 56.7 Å². The van der Waals surface area contributed by atoms with Crippen LogP contribution in [0.15, 0.2) is 66.4 Å². The first-order valence-electron chi connectivity index (χ1n) is 10.8. The van der Waals surface area contributed by atoms with E-state index in [0.29, 0.717) is 0 Å². The molecule has 4 rings (SSSR count). The maximum atomic E-state index is 13.4. The number of fused-ring (bicyclic) bond motifs is 1. The summed E-state index contributed by atoms with van der Waals surface area (Å²) in [5.74, 6) is -0.243. The highest BCUT2D eigenvalue weighted by Crippen LogP contribution is 2.46. The van der Waals surface area contributed by atoms with Crippen molar-refractivity contribution >= 4 is 6.08 Å². The van der Waals surface area contributed by atoms with Crippen LogP contribution in [0.4, 0.5) is 4.39 Å². The van der Waals surface area contributed by atoms with E-state index in [9.17, 15) is 4.39 Å². The van der Waals surface area contributed by atoms with E-state index in [1.165, 1.54) is 28.8 Å². The van der Waals surface area contributed by atoms with Gasteiger partial charge in [-0.15, -0.1) is 0 Å². The lowest BCUT2D eigenvalue weighted by Crippen LogP contribution is -2.42. The van der Waals surface area contributed by atoms with Crippen molar-refractivity contribution in [2.45, 2.75) is 52.1 Å². The number of methoxy groups -OCH3 is 1. The number of halogens is 1. The summed E-state index contributed by atoms with van der Waals surface area (Å²) in [5.41, 5.74) is 5.58. The zero-order chi connectivity index (χ0) is 22.2. The highest BCUT2D eigenvalue weighted by Gasteiger charge is 2.42. The van der Waals surface area contributed by atoms with Crippen LogP contribution in [0.3, 0.4) is 0 Å². The molecular weight excluding hydrogens is 387 g/mol. The summed E-state index contributed by atoms with van der Waals surface area (Å²) >= 11 is 0. The molecule has 31 heavy (non-hydrogen) atoms. The lowest BCUT2D eigenvalue weighted by Gasteiger charge is -2.43. The van der Waals surface area contributed by atoms with Gasteiger partial charge in [0.25, 0.3) is 0 Å². The zero-order valence-electron chi connectivity index (χ0n) is 19.0. The number of aromatic nitrogens is 2. The molecule has 0 saturated carbocycles. The number of rotatable bonds is 6. The second-order valence-corrected chi connectivity index (χ2v) is 9.54. The van der Waals surface area contributed by atoms with Crippen molar-refractivity contribution in [1.82, 2.24) is 9.78 Å². The number of hydrogen-bond donors (Lipinski definition) is 0. The molecule has 3 nitrogen and oxygen atoms in total. The van der Waals surface area contributed by atoms with Gasteiger partial charge in [0.2, 0.25) is 0 Å². The average molecular weight is 419 g/mol.